The summed E-state index contributed by atoms with van der Waals surface area (Å²) in [5.74, 6) is 0.738. The molecule has 17 heavy (non-hydrogen) atoms. The summed E-state index contributed by atoms with van der Waals surface area (Å²) < 4.78 is 5.41. The van der Waals surface area contributed by atoms with Gasteiger partial charge in [0.25, 0.3) is 0 Å². The van der Waals surface area contributed by atoms with E-state index in [1.54, 1.807) is 6.07 Å². The lowest BCUT2D eigenvalue weighted by Crippen LogP contribution is -2.01. The molecule has 1 heterocycles. The second-order valence-corrected chi connectivity index (χ2v) is 3.19. The Hall–Kier alpha value is -2.39. The summed E-state index contributed by atoms with van der Waals surface area (Å²) in [6.07, 6.45) is 0.917. The third-order valence-corrected chi connectivity index (χ3v) is 2.11. The zero-order valence-corrected chi connectivity index (χ0v) is 9.10. The third kappa shape index (κ3) is 3.03. The van der Waals surface area contributed by atoms with E-state index in [0.717, 1.165) is 0 Å². The molecule has 0 saturated heterocycles. The van der Waals surface area contributed by atoms with Gasteiger partial charge < -0.3 is 9.52 Å². The minimum Gasteiger partial charge on any atom is -0.508 e. The first-order valence-electron chi connectivity index (χ1n) is 4.87. The lowest BCUT2D eigenvalue weighted by molar-refractivity contribution is -0.191. The fourth-order valence-electron chi connectivity index (χ4n) is 1.37. The van der Waals surface area contributed by atoms with Gasteiger partial charge in [-0.2, -0.15) is 9.59 Å². The number of carbonyl (C=O) groups excluding carboxylic acids is 2. The van der Waals surface area contributed by atoms with Gasteiger partial charge in [0.05, 0.1) is 5.39 Å². The van der Waals surface area contributed by atoms with E-state index < -0.39 is 0 Å². The first-order valence-corrected chi connectivity index (χ1v) is 4.87. The monoisotopic (exact) mass is 234 g/mol. The maximum absolute atomic E-state index is 11.5. The van der Waals surface area contributed by atoms with Crippen molar-refractivity contribution in [2.75, 3.05) is 0 Å². The van der Waals surface area contributed by atoms with Gasteiger partial charge in [-0.25, -0.2) is 0 Å². The molecule has 88 valence electrons. The van der Waals surface area contributed by atoms with Crippen molar-refractivity contribution >= 4 is 17.1 Å². The molecule has 0 aliphatic heterocycles. The van der Waals surface area contributed by atoms with Crippen molar-refractivity contribution in [2.24, 2.45) is 0 Å². The van der Waals surface area contributed by atoms with Crippen molar-refractivity contribution in [3.05, 3.63) is 40.2 Å². The van der Waals surface area contributed by atoms with Crippen LogP contribution in [-0.4, -0.2) is 11.3 Å². The van der Waals surface area contributed by atoms with Gasteiger partial charge in [-0.05, 0) is 12.1 Å². The van der Waals surface area contributed by atoms with E-state index in [0.29, 0.717) is 23.2 Å². The van der Waals surface area contributed by atoms with Crippen LogP contribution in [0, 0.1) is 0 Å². The Labute approximate surface area is 96.3 Å². The summed E-state index contributed by atoms with van der Waals surface area (Å²) in [7, 11) is 0. The van der Waals surface area contributed by atoms with E-state index >= 15 is 0 Å². The highest BCUT2D eigenvalue weighted by Gasteiger charge is 2.03. The summed E-state index contributed by atoms with van der Waals surface area (Å²) in [5.41, 5.74) is 0.373. The van der Waals surface area contributed by atoms with Gasteiger partial charge in [0.1, 0.15) is 17.1 Å². The number of aryl methyl sites for hydroxylation is 1. The number of phenols is 1. The summed E-state index contributed by atoms with van der Waals surface area (Å²) in [4.78, 5) is 27.8. The Balaban J connectivity index is 0.000000437. The molecule has 0 atom stereocenters. The average Bonchev–Trinajstić information content (AvgIpc) is 2.29. The highest BCUT2D eigenvalue weighted by Crippen LogP contribution is 2.18. The number of benzene rings is 1. The SMILES string of the molecule is CCc1cc(=O)c2ccc(O)cc2o1.O=C=O. The van der Waals surface area contributed by atoms with E-state index in [2.05, 4.69) is 0 Å². The number of hydrogen-bond donors (Lipinski definition) is 1. The van der Waals surface area contributed by atoms with Crippen molar-refractivity contribution in [2.45, 2.75) is 13.3 Å². The molecule has 0 radical (unpaired) electrons. The van der Waals surface area contributed by atoms with Crippen LogP contribution in [0.5, 0.6) is 5.75 Å². The van der Waals surface area contributed by atoms with Gasteiger partial charge in [0.2, 0.25) is 0 Å². The lowest BCUT2D eigenvalue weighted by Gasteiger charge is -2.00. The Morgan fingerprint density at radius 3 is 2.53 bits per heavy atom. The maximum atomic E-state index is 11.5. The van der Waals surface area contributed by atoms with Gasteiger partial charge in [0.15, 0.2) is 5.43 Å². The number of hydrogen-bond acceptors (Lipinski definition) is 5. The minimum atomic E-state index is -0.0666. The van der Waals surface area contributed by atoms with E-state index in [-0.39, 0.29) is 17.3 Å². The van der Waals surface area contributed by atoms with Gasteiger partial charge in [0, 0.05) is 18.6 Å². The Morgan fingerprint density at radius 1 is 1.29 bits per heavy atom. The fraction of sp³-hybridized carbons (Fsp3) is 0.167. The van der Waals surface area contributed by atoms with Gasteiger partial charge in [-0.15, -0.1) is 0 Å². The van der Waals surface area contributed by atoms with E-state index in [1.807, 2.05) is 6.92 Å². The molecule has 2 aromatic rings. The van der Waals surface area contributed by atoms with Crippen molar-refractivity contribution in [1.29, 1.82) is 0 Å². The predicted molar refractivity (Wildman–Crippen MR) is 58.5 cm³/mol. The molecule has 0 amide bonds. The number of fused-ring (bicyclic) bond motifs is 1. The number of aromatic hydroxyl groups is 1. The van der Waals surface area contributed by atoms with Crippen LogP contribution < -0.4 is 5.43 Å². The molecule has 0 unspecified atom stereocenters. The van der Waals surface area contributed by atoms with Crippen LogP contribution in [0.25, 0.3) is 11.0 Å². The molecule has 0 bridgehead atoms. The van der Waals surface area contributed by atoms with Crippen LogP contribution in [0.1, 0.15) is 12.7 Å². The summed E-state index contributed by atoms with van der Waals surface area (Å²) in [6.45, 7) is 1.91. The van der Waals surface area contributed by atoms with Crippen LogP contribution in [0.15, 0.2) is 33.5 Å². The molecule has 0 spiro atoms. The highest BCUT2D eigenvalue weighted by molar-refractivity contribution is 5.77. The molecule has 0 fully saturated rings. The lowest BCUT2D eigenvalue weighted by atomic mass is 10.2. The second-order valence-electron chi connectivity index (χ2n) is 3.19. The number of phenolic OH excluding ortho intramolecular Hbond substituents is 1. The smallest absolute Gasteiger partial charge is 0.373 e. The standard InChI is InChI=1S/C11H10O3.CO2/c1-2-8-6-10(13)9-4-3-7(12)5-11(9)14-8;2-1-3/h3-6,12H,2H2,1H3;. The van der Waals surface area contributed by atoms with Crippen LogP contribution in [0.2, 0.25) is 0 Å². The first-order chi connectivity index (χ1) is 8.12. The fourth-order valence-corrected chi connectivity index (χ4v) is 1.37. The van der Waals surface area contributed by atoms with Crippen molar-refractivity contribution in [3.63, 3.8) is 0 Å². The first kappa shape index (κ1) is 12.7. The third-order valence-electron chi connectivity index (χ3n) is 2.11. The molecule has 2 rings (SSSR count). The van der Waals surface area contributed by atoms with Crippen LogP contribution in [0.4, 0.5) is 0 Å². The Bertz CT molecular complexity index is 606. The molecule has 5 nitrogen and oxygen atoms in total. The van der Waals surface area contributed by atoms with E-state index in [1.165, 1.54) is 18.2 Å². The van der Waals surface area contributed by atoms with Gasteiger partial charge in [-0.1, -0.05) is 6.92 Å². The predicted octanol–water partition coefficient (Wildman–Crippen LogP) is 1.48. The van der Waals surface area contributed by atoms with E-state index in [4.69, 9.17) is 14.0 Å². The normalized spacial score (nSPS) is 9.24. The quantitative estimate of drug-likeness (QED) is 0.807. The van der Waals surface area contributed by atoms with Crippen LogP contribution in [0.3, 0.4) is 0 Å². The summed E-state index contributed by atoms with van der Waals surface area (Å²) in [6, 6.07) is 5.98. The maximum Gasteiger partial charge on any atom is 0.373 e. The van der Waals surface area contributed by atoms with Gasteiger partial charge in [-0.3, -0.25) is 4.79 Å². The molecule has 0 saturated carbocycles. The van der Waals surface area contributed by atoms with E-state index in [9.17, 15) is 9.90 Å². The van der Waals surface area contributed by atoms with Crippen molar-refractivity contribution < 1.29 is 19.1 Å². The molecule has 1 N–H and O–H groups in total. The van der Waals surface area contributed by atoms with Gasteiger partial charge >= 0.3 is 6.15 Å². The molecule has 1 aromatic carbocycles. The van der Waals surface area contributed by atoms with Crippen LogP contribution in [-0.2, 0) is 16.0 Å². The Kier molecular flexibility index (Phi) is 4.20. The number of rotatable bonds is 1. The van der Waals surface area contributed by atoms with Crippen molar-refractivity contribution in [3.8, 4) is 5.75 Å². The zero-order chi connectivity index (χ0) is 12.8. The average molecular weight is 234 g/mol. The highest BCUT2D eigenvalue weighted by atomic mass is 16.3. The zero-order valence-electron chi connectivity index (χ0n) is 9.10. The largest absolute Gasteiger partial charge is 0.508 e. The Morgan fingerprint density at radius 2 is 1.94 bits per heavy atom. The molecule has 1 aromatic heterocycles. The molecule has 0 aliphatic carbocycles. The summed E-state index contributed by atoms with van der Waals surface area (Å²) >= 11 is 0. The molecular formula is C12H10O5. The molecular weight excluding hydrogens is 224 g/mol. The second kappa shape index (κ2) is 5.63. The molecule has 0 aliphatic rings. The minimum absolute atomic E-state index is 0.0666. The molecule has 5 heteroatoms. The van der Waals surface area contributed by atoms with Crippen molar-refractivity contribution in [1.82, 2.24) is 0 Å². The summed E-state index contributed by atoms with van der Waals surface area (Å²) in [5, 5.41) is 9.72. The topological polar surface area (TPSA) is 84.6 Å². The van der Waals surface area contributed by atoms with Crippen LogP contribution >= 0.6 is 0 Å².